The molecule has 0 aliphatic rings. The zero-order valence-corrected chi connectivity index (χ0v) is 11.2. The molecule has 4 nitrogen and oxygen atoms in total. The fraction of sp³-hybridized carbons (Fsp3) is 0.125. The Morgan fingerprint density at radius 1 is 1.00 bits per heavy atom. The lowest BCUT2D eigenvalue weighted by Crippen LogP contribution is -1.97. The summed E-state index contributed by atoms with van der Waals surface area (Å²) in [7, 11) is 0. The number of H-pyrrole nitrogens is 1. The Hall–Kier alpha value is -2.62. The molecule has 1 N–H and O–H groups in total. The average Bonchev–Trinajstić information content (AvgIpc) is 2.95. The van der Waals surface area contributed by atoms with Gasteiger partial charge in [-0.3, -0.25) is 5.10 Å². The fourth-order valence-electron chi connectivity index (χ4n) is 1.97. The highest BCUT2D eigenvalue weighted by Gasteiger charge is 2.08. The third-order valence-electron chi connectivity index (χ3n) is 3.04. The van der Waals surface area contributed by atoms with Gasteiger partial charge in [0.05, 0.1) is 0 Å². The van der Waals surface area contributed by atoms with Crippen LogP contribution in [-0.4, -0.2) is 15.2 Å². The summed E-state index contributed by atoms with van der Waals surface area (Å²) < 4.78 is 5.64. The van der Waals surface area contributed by atoms with Crippen molar-refractivity contribution in [3.63, 3.8) is 0 Å². The molecule has 0 saturated carbocycles. The molecule has 0 aliphatic carbocycles. The number of nitrogens with one attached hydrogen (secondary N) is 1. The van der Waals surface area contributed by atoms with E-state index >= 15 is 0 Å². The quantitative estimate of drug-likeness (QED) is 0.787. The van der Waals surface area contributed by atoms with E-state index in [0.717, 1.165) is 16.9 Å². The summed E-state index contributed by atoms with van der Waals surface area (Å²) in [6.07, 6.45) is 0. The van der Waals surface area contributed by atoms with E-state index in [1.807, 2.05) is 61.5 Å². The summed E-state index contributed by atoms with van der Waals surface area (Å²) in [4.78, 5) is 4.46. The maximum absolute atomic E-state index is 5.64. The Morgan fingerprint density at radius 2 is 1.75 bits per heavy atom. The van der Waals surface area contributed by atoms with Gasteiger partial charge >= 0.3 is 0 Å². The van der Waals surface area contributed by atoms with Gasteiger partial charge in [0.25, 0.3) is 0 Å². The van der Waals surface area contributed by atoms with Crippen LogP contribution in [0.2, 0.25) is 0 Å². The summed E-state index contributed by atoms with van der Waals surface area (Å²) in [6.45, 7) is 2.43. The van der Waals surface area contributed by atoms with Crippen LogP contribution in [0.15, 0.2) is 54.6 Å². The second kappa shape index (κ2) is 5.57. The van der Waals surface area contributed by atoms with Gasteiger partial charge in [-0.25, -0.2) is 4.98 Å². The first-order valence-corrected chi connectivity index (χ1v) is 6.48. The molecule has 4 heteroatoms. The highest BCUT2D eigenvalue weighted by molar-refractivity contribution is 5.59. The number of para-hydroxylation sites is 1. The van der Waals surface area contributed by atoms with Crippen molar-refractivity contribution in [3.05, 3.63) is 66.0 Å². The topological polar surface area (TPSA) is 50.8 Å². The average molecular weight is 265 g/mol. The maximum atomic E-state index is 5.64. The van der Waals surface area contributed by atoms with E-state index < -0.39 is 0 Å². The molecule has 0 spiro atoms. The minimum Gasteiger partial charge on any atom is -0.486 e. The smallest absolute Gasteiger partial charge is 0.181 e. The number of hydrogen-bond donors (Lipinski definition) is 1. The predicted molar refractivity (Wildman–Crippen MR) is 77.3 cm³/mol. The lowest BCUT2D eigenvalue weighted by Gasteiger charge is -2.02. The van der Waals surface area contributed by atoms with Gasteiger partial charge in [-0.15, -0.1) is 0 Å². The minimum atomic E-state index is 0.378. The van der Waals surface area contributed by atoms with Gasteiger partial charge in [0.15, 0.2) is 11.6 Å². The van der Waals surface area contributed by atoms with E-state index in [9.17, 15) is 0 Å². The first-order chi connectivity index (χ1) is 9.83. The van der Waals surface area contributed by atoms with Gasteiger partial charge in [-0.05, 0) is 24.6 Å². The second-order valence-electron chi connectivity index (χ2n) is 4.52. The molecule has 1 heterocycles. The number of aromatic amines is 1. The van der Waals surface area contributed by atoms with Crippen LogP contribution in [0, 0.1) is 6.92 Å². The lowest BCUT2D eigenvalue weighted by atomic mass is 10.1. The molecular weight excluding hydrogens is 250 g/mol. The molecular formula is C16H15N3O. The first kappa shape index (κ1) is 12.4. The largest absolute Gasteiger partial charge is 0.486 e. The van der Waals surface area contributed by atoms with E-state index in [1.54, 1.807) is 0 Å². The SMILES string of the molecule is Cc1ccccc1-c1n[nH]c(COc2ccccc2)n1. The van der Waals surface area contributed by atoms with Gasteiger partial charge in [-0.2, -0.15) is 5.10 Å². The van der Waals surface area contributed by atoms with Gasteiger partial charge in [-0.1, -0.05) is 42.5 Å². The molecule has 0 aliphatic heterocycles. The lowest BCUT2D eigenvalue weighted by molar-refractivity contribution is 0.296. The third-order valence-corrected chi connectivity index (χ3v) is 3.04. The van der Waals surface area contributed by atoms with Crippen LogP contribution in [0.3, 0.4) is 0 Å². The van der Waals surface area contributed by atoms with Gasteiger partial charge in [0.2, 0.25) is 0 Å². The van der Waals surface area contributed by atoms with Crippen LogP contribution in [0.4, 0.5) is 0 Å². The van der Waals surface area contributed by atoms with Gasteiger partial charge in [0.1, 0.15) is 12.4 Å². The molecule has 2 aromatic carbocycles. The second-order valence-corrected chi connectivity index (χ2v) is 4.52. The Morgan fingerprint density at radius 3 is 2.55 bits per heavy atom. The Labute approximate surface area is 117 Å². The fourth-order valence-corrected chi connectivity index (χ4v) is 1.97. The minimum absolute atomic E-state index is 0.378. The van der Waals surface area contributed by atoms with E-state index in [2.05, 4.69) is 15.2 Å². The van der Waals surface area contributed by atoms with Crippen molar-refractivity contribution >= 4 is 0 Å². The predicted octanol–water partition coefficient (Wildman–Crippen LogP) is 3.36. The Bertz CT molecular complexity index is 692. The van der Waals surface area contributed by atoms with Crippen molar-refractivity contribution in [1.82, 2.24) is 15.2 Å². The molecule has 0 bridgehead atoms. The number of aromatic nitrogens is 3. The summed E-state index contributed by atoms with van der Waals surface area (Å²) in [5.41, 5.74) is 2.19. The summed E-state index contributed by atoms with van der Waals surface area (Å²) in [6, 6.07) is 17.7. The Kier molecular flexibility index (Phi) is 3.46. The van der Waals surface area contributed by atoms with Crippen molar-refractivity contribution < 1.29 is 4.74 Å². The van der Waals surface area contributed by atoms with Crippen molar-refractivity contribution in [3.8, 4) is 17.1 Å². The standard InChI is InChI=1S/C16H15N3O/c1-12-7-5-6-10-14(12)16-17-15(18-19-16)11-20-13-8-3-2-4-9-13/h2-10H,11H2,1H3,(H,17,18,19). The zero-order chi connectivity index (χ0) is 13.8. The maximum Gasteiger partial charge on any atom is 0.181 e. The van der Waals surface area contributed by atoms with E-state index in [4.69, 9.17) is 4.74 Å². The molecule has 1 aromatic heterocycles. The van der Waals surface area contributed by atoms with Crippen molar-refractivity contribution in [2.45, 2.75) is 13.5 Å². The zero-order valence-electron chi connectivity index (χ0n) is 11.2. The summed E-state index contributed by atoms with van der Waals surface area (Å²) in [5, 5.41) is 7.16. The molecule has 0 fully saturated rings. The molecule has 20 heavy (non-hydrogen) atoms. The number of nitrogens with zero attached hydrogens (tertiary/aromatic N) is 2. The van der Waals surface area contributed by atoms with Gasteiger partial charge in [0, 0.05) is 5.56 Å². The molecule has 100 valence electrons. The molecule has 0 saturated heterocycles. The number of hydrogen-bond acceptors (Lipinski definition) is 3. The normalized spacial score (nSPS) is 10.4. The van der Waals surface area contributed by atoms with Crippen LogP contribution in [0.5, 0.6) is 5.75 Å². The van der Waals surface area contributed by atoms with Crippen molar-refractivity contribution in [2.75, 3.05) is 0 Å². The molecule has 0 radical (unpaired) electrons. The van der Waals surface area contributed by atoms with Crippen LogP contribution in [0.1, 0.15) is 11.4 Å². The molecule has 0 unspecified atom stereocenters. The number of rotatable bonds is 4. The number of benzene rings is 2. The van der Waals surface area contributed by atoms with E-state index in [1.165, 1.54) is 0 Å². The van der Waals surface area contributed by atoms with Crippen LogP contribution >= 0.6 is 0 Å². The number of ether oxygens (including phenoxy) is 1. The Balaban J connectivity index is 1.73. The van der Waals surface area contributed by atoms with Gasteiger partial charge < -0.3 is 4.74 Å². The molecule has 0 atom stereocenters. The highest BCUT2D eigenvalue weighted by Crippen LogP contribution is 2.19. The monoisotopic (exact) mass is 265 g/mol. The number of aryl methyl sites for hydroxylation is 1. The summed E-state index contributed by atoms with van der Waals surface area (Å²) in [5.74, 6) is 2.24. The van der Waals surface area contributed by atoms with Crippen LogP contribution in [-0.2, 0) is 6.61 Å². The van der Waals surface area contributed by atoms with Crippen LogP contribution < -0.4 is 4.74 Å². The van der Waals surface area contributed by atoms with Crippen molar-refractivity contribution in [1.29, 1.82) is 0 Å². The summed E-state index contributed by atoms with van der Waals surface area (Å²) >= 11 is 0. The van der Waals surface area contributed by atoms with Crippen LogP contribution in [0.25, 0.3) is 11.4 Å². The van der Waals surface area contributed by atoms with Crippen molar-refractivity contribution in [2.24, 2.45) is 0 Å². The van der Waals surface area contributed by atoms with E-state index in [-0.39, 0.29) is 0 Å². The first-order valence-electron chi connectivity index (χ1n) is 6.48. The molecule has 3 rings (SSSR count). The molecule has 3 aromatic rings. The third kappa shape index (κ3) is 2.69. The van der Waals surface area contributed by atoms with E-state index in [0.29, 0.717) is 18.3 Å². The highest BCUT2D eigenvalue weighted by atomic mass is 16.5. The molecule has 0 amide bonds.